The number of hydrogen-bond donors (Lipinski definition) is 3. The molecule has 2 aliphatic heterocycles. The molecule has 2 aliphatic rings. The molecule has 2 heterocycles. The number of urea groups is 1. The van der Waals surface area contributed by atoms with E-state index in [1.165, 1.54) is 4.31 Å². The van der Waals surface area contributed by atoms with Crippen molar-refractivity contribution < 1.29 is 32.6 Å². The number of amides is 3. The van der Waals surface area contributed by atoms with Gasteiger partial charge in [-0.05, 0) is 58.9 Å². The van der Waals surface area contributed by atoms with Gasteiger partial charge in [0, 0.05) is 45.1 Å². The van der Waals surface area contributed by atoms with Crippen LogP contribution in [-0.4, -0.2) is 99.4 Å². The van der Waals surface area contributed by atoms with Gasteiger partial charge in [-0.15, -0.1) is 0 Å². The van der Waals surface area contributed by atoms with E-state index in [-0.39, 0.29) is 35.9 Å². The van der Waals surface area contributed by atoms with Crippen LogP contribution in [0.1, 0.15) is 44.2 Å². The molecule has 0 spiro atoms. The first-order valence-corrected chi connectivity index (χ1v) is 18.4. The van der Waals surface area contributed by atoms with Crippen LogP contribution in [0.15, 0.2) is 65.6 Å². The zero-order valence-electron chi connectivity index (χ0n) is 27.9. The largest absolute Gasteiger partial charge is 0.493 e. The molecule has 1 saturated heterocycles. The van der Waals surface area contributed by atoms with Gasteiger partial charge < -0.3 is 30.1 Å². The van der Waals surface area contributed by atoms with Gasteiger partial charge in [0.05, 0.1) is 31.3 Å². The molecule has 0 saturated carbocycles. The second-order valence-electron chi connectivity index (χ2n) is 12.9. The van der Waals surface area contributed by atoms with Gasteiger partial charge in [0.1, 0.15) is 11.8 Å². The average Bonchev–Trinajstić information content (AvgIpc) is 3.57. The van der Waals surface area contributed by atoms with Gasteiger partial charge in [0.15, 0.2) is 0 Å². The van der Waals surface area contributed by atoms with Crippen molar-refractivity contribution in [2.75, 3.05) is 52.6 Å². The summed E-state index contributed by atoms with van der Waals surface area (Å²) in [7, 11) is -3.87. The fraction of sp³-hybridized carbons (Fsp3) is 0.500. The fourth-order valence-corrected chi connectivity index (χ4v) is 8.20. The Hall–Kier alpha value is -3.71. The number of benzene rings is 3. The third-order valence-electron chi connectivity index (χ3n) is 8.91. The highest BCUT2D eigenvalue weighted by atomic mass is 32.2. The first kappa shape index (κ1) is 35.6. The zero-order chi connectivity index (χ0) is 34.1. The number of hydrogen-bond acceptors (Lipinski definition) is 7. The minimum absolute atomic E-state index is 0.0530. The fourth-order valence-electron chi connectivity index (χ4n) is 6.33. The maximum atomic E-state index is 13.8. The normalized spacial score (nSPS) is 16.1. The number of nitrogens with zero attached hydrogens (tertiary/aromatic N) is 2. The van der Waals surface area contributed by atoms with Crippen LogP contribution in [0, 0.1) is 5.92 Å². The van der Waals surface area contributed by atoms with E-state index in [1.807, 2.05) is 56.3 Å². The number of aliphatic hydroxyl groups is 1. The molecule has 3 N–H and O–H groups in total. The summed E-state index contributed by atoms with van der Waals surface area (Å²) < 4.78 is 40.0. The second kappa shape index (κ2) is 16.6. The van der Waals surface area contributed by atoms with E-state index in [1.54, 1.807) is 23.1 Å². The van der Waals surface area contributed by atoms with Crippen LogP contribution in [-0.2, 0) is 32.4 Å². The summed E-state index contributed by atoms with van der Waals surface area (Å²) in [5, 5.41) is 18.4. The number of carbonyl (C=O) groups is 2. The third kappa shape index (κ3) is 8.84. The van der Waals surface area contributed by atoms with Gasteiger partial charge in [0.25, 0.3) is 0 Å². The molecule has 0 unspecified atom stereocenters. The number of ether oxygens (including phenoxy) is 2. The molecule has 3 amide bonds. The van der Waals surface area contributed by atoms with Crippen LogP contribution in [0.5, 0.6) is 5.75 Å². The second-order valence-corrected chi connectivity index (χ2v) is 14.8. The van der Waals surface area contributed by atoms with E-state index in [9.17, 15) is 23.1 Å². The Kier molecular flexibility index (Phi) is 12.3. The smallest absolute Gasteiger partial charge is 0.318 e. The summed E-state index contributed by atoms with van der Waals surface area (Å²) in [5.41, 5.74) is 1.83. The molecule has 5 rings (SSSR count). The first-order chi connectivity index (χ1) is 23.2. The van der Waals surface area contributed by atoms with Crippen molar-refractivity contribution >= 4 is 32.7 Å². The Morgan fingerprint density at radius 1 is 1.00 bits per heavy atom. The first-order valence-electron chi connectivity index (χ1n) is 16.9. The zero-order valence-corrected chi connectivity index (χ0v) is 28.7. The molecule has 3 aromatic rings. The highest BCUT2D eigenvalue weighted by molar-refractivity contribution is 7.89. The number of sulfonamides is 1. The molecule has 3 aromatic carbocycles. The van der Waals surface area contributed by atoms with E-state index >= 15 is 0 Å². The van der Waals surface area contributed by atoms with Gasteiger partial charge in [0.2, 0.25) is 15.9 Å². The van der Waals surface area contributed by atoms with Crippen molar-refractivity contribution in [2.24, 2.45) is 5.92 Å². The number of morpholine rings is 1. The molecule has 12 heteroatoms. The molecule has 260 valence electrons. The molecule has 0 radical (unpaired) electrons. The van der Waals surface area contributed by atoms with Crippen LogP contribution in [0.3, 0.4) is 0 Å². The van der Waals surface area contributed by atoms with Crippen LogP contribution >= 0.6 is 0 Å². The number of rotatable bonds is 15. The van der Waals surface area contributed by atoms with Crippen molar-refractivity contribution in [1.29, 1.82) is 0 Å². The van der Waals surface area contributed by atoms with Gasteiger partial charge in [-0.3, -0.25) is 4.79 Å². The Balaban J connectivity index is 1.21. The third-order valence-corrected chi connectivity index (χ3v) is 10.8. The summed E-state index contributed by atoms with van der Waals surface area (Å²) in [6.45, 7) is 6.60. The Morgan fingerprint density at radius 3 is 2.54 bits per heavy atom. The standard InChI is InChI=1S/C36H48N4O7S/c1-26(2)24-40(48(44,45)31-13-14-34-29(22-31)15-19-47-34)30(25-41)11-5-6-16-37-35(42)33(38-36(43)39-17-20-46-21-18-39)23-28-10-7-9-27-8-3-4-12-32(27)28/h3-4,7-10,12-14,22,26,30,33,41H,5-6,11,15-21,23-25H2,1-2H3,(H,37,42)(H,38,43)/t30-,33+/m0/s1. The molecule has 0 aliphatic carbocycles. The van der Waals surface area contributed by atoms with Gasteiger partial charge in [-0.25, -0.2) is 13.2 Å². The summed E-state index contributed by atoms with van der Waals surface area (Å²) in [6, 6.07) is 17.2. The summed E-state index contributed by atoms with van der Waals surface area (Å²) in [5.74, 6) is 0.482. The molecular formula is C36H48N4O7S. The lowest BCUT2D eigenvalue weighted by atomic mass is 9.98. The molecule has 0 aromatic heterocycles. The maximum absolute atomic E-state index is 13.8. The van der Waals surface area contributed by atoms with E-state index in [0.717, 1.165) is 21.9 Å². The van der Waals surface area contributed by atoms with E-state index in [4.69, 9.17) is 9.47 Å². The number of carbonyl (C=O) groups excluding carboxylic acids is 2. The minimum atomic E-state index is -3.87. The quantitative estimate of drug-likeness (QED) is 0.208. The summed E-state index contributed by atoms with van der Waals surface area (Å²) in [4.78, 5) is 28.5. The van der Waals surface area contributed by atoms with Crippen molar-refractivity contribution in [3.05, 3.63) is 71.8 Å². The molecule has 1 fully saturated rings. The lowest BCUT2D eigenvalue weighted by Crippen LogP contribution is -2.54. The highest BCUT2D eigenvalue weighted by Gasteiger charge is 2.33. The number of unbranched alkanes of at least 4 members (excludes halogenated alkanes) is 1. The van der Waals surface area contributed by atoms with Crippen molar-refractivity contribution in [1.82, 2.24) is 19.8 Å². The molecule has 11 nitrogen and oxygen atoms in total. The Labute approximate surface area is 283 Å². The van der Waals surface area contributed by atoms with E-state index < -0.39 is 22.1 Å². The number of aliphatic hydroxyl groups excluding tert-OH is 1. The number of fused-ring (bicyclic) bond motifs is 2. The lowest BCUT2D eigenvalue weighted by Gasteiger charge is -2.31. The monoisotopic (exact) mass is 680 g/mol. The molecule has 2 atom stereocenters. The molecule has 0 bridgehead atoms. The lowest BCUT2D eigenvalue weighted by molar-refractivity contribution is -0.123. The number of nitrogens with one attached hydrogen (secondary N) is 2. The Morgan fingerprint density at radius 2 is 1.77 bits per heavy atom. The van der Waals surface area contributed by atoms with Crippen molar-refractivity contribution in [3.63, 3.8) is 0 Å². The van der Waals surface area contributed by atoms with Gasteiger partial charge in [-0.2, -0.15) is 4.31 Å². The Bertz CT molecular complexity index is 1650. The highest BCUT2D eigenvalue weighted by Crippen LogP contribution is 2.30. The van der Waals surface area contributed by atoms with Crippen LogP contribution < -0.4 is 15.4 Å². The van der Waals surface area contributed by atoms with Crippen molar-refractivity contribution in [3.8, 4) is 5.75 Å². The predicted octanol–water partition coefficient (Wildman–Crippen LogP) is 3.72. The predicted molar refractivity (Wildman–Crippen MR) is 184 cm³/mol. The SMILES string of the molecule is CC(C)CN([C@H](CO)CCCCNC(=O)[C@@H](Cc1cccc2ccccc12)NC(=O)N1CCOCC1)S(=O)(=O)c1ccc2c(c1)CCO2. The van der Waals surface area contributed by atoms with E-state index in [0.29, 0.717) is 77.3 Å². The topological polar surface area (TPSA) is 138 Å². The van der Waals surface area contributed by atoms with E-state index in [2.05, 4.69) is 10.6 Å². The minimum Gasteiger partial charge on any atom is -0.493 e. The average molecular weight is 681 g/mol. The summed E-state index contributed by atoms with van der Waals surface area (Å²) in [6.07, 6.45) is 2.58. The summed E-state index contributed by atoms with van der Waals surface area (Å²) >= 11 is 0. The molecule has 48 heavy (non-hydrogen) atoms. The van der Waals surface area contributed by atoms with Crippen LogP contribution in [0.4, 0.5) is 4.79 Å². The van der Waals surface area contributed by atoms with Gasteiger partial charge >= 0.3 is 6.03 Å². The maximum Gasteiger partial charge on any atom is 0.318 e. The molecular weight excluding hydrogens is 632 g/mol. The van der Waals surface area contributed by atoms with Crippen molar-refractivity contribution in [2.45, 2.75) is 62.9 Å². The van der Waals surface area contributed by atoms with Crippen LogP contribution in [0.2, 0.25) is 0 Å². The van der Waals surface area contributed by atoms with Crippen LogP contribution in [0.25, 0.3) is 10.8 Å². The van der Waals surface area contributed by atoms with Gasteiger partial charge in [-0.1, -0.05) is 62.7 Å².